The highest BCUT2D eigenvalue weighted by Crippen LogP contribution is 2.39. The molecule has 1 aromatic heterocycles. The lowest BCUT2D eigenvalue weighted by atomic mass is 9.96. The molecule has 1 aromatic carbocycles. The fraction of sp³-hybridized carbons (Fsp3) is 0.294. The van der Waals surface area contributed by atoms with Gasteiger partial charge in [-0.05, 0) is 48.9 Å². The molecule has 6 nitrogen and oxygen atoms in total. The molecule has 0 saturated carbocycles. The third-order valence-electron chi connectivity index (χ3n) is 4.00. The molecule has 1 aliphatic carbocycles. The standard InChI is InChI=1S/C17H15N3O3S/c1-23-15-7-6-11(8-14(15)20(21)22)10-19-17-13(9-18)12-4-2-3-5-16(12)24-17/h6-8,10H,2-5H2,1H3/b19-10+. The van der Waals surface area contributed by atoms with Crippen LogP contribution in [-0.2, 0) is 12.8 Å². The highest BCUT2D eigenvalue weighted by molar-refractivity contribution is 7.16. The van der Waals surface area contributed by atoms with Gasteiger partial charge in [0.05, 0.1) is 17.6 Å². The van der Waals surface area contributed by atoms with E-state index >= 15 is 0 Å². The minimum atomic E-state index is -0.485. The number of ether oxygens (including phenoxy) is 1. The van der Waals surface area contributed by atoms with Gasteiger partial charge < -0.3 is 4.74 Å². The topological polar surface area (TPSA) is 88.5 Å². The zero-order chi connectivity index (χ0) is 17.1. The van der Waals surface area contributed by atoms with Crippen LogP contribution in [0.2, 0.25) is 0 Å². The number of nitro groups is 1. The smallest absolute Gasteiger partial charge is 0.311 e. The van der Waals surface area contributed by atoms with Crippen LogP contribution in [0.25, 0.3) is 0 Å². The highest BCUT2D eigenvalue weighted by atomic mass is 32.1. The number of aryl methyl sites for hydroxylation is 1. The molecule has 122 valence electrons. The molecule has 0 saturated heterocycles. The number of methoxy groups -OCH3 is 1. The molecule has 0 amide bonds. The summed E-state index contributed by atoms with van der Waals surface area (Å²) in [4.78, 5) is 16.3. The Morgan fingerprint density at radius 1 is 1.42 bits per heavy atom. The van der Waals surface area contributed by atoms with Gasteiger partial charge in [-0.1, -0.05) is 0 Å². The maximum atomic E-state index is 11.1. The molecule has 0 unspecified atom stereocenters. The van der Waals surface area contributed by atoms with Gasteiger partial charge in [0.25, 0.3) is 0 Å². The number of nitro benzene ring substituents is 1. The van der Waals surface area contributed by atoms with Crippen molar-refractivity contribution in [3.63, 3.8) is 0 Å². The van der Waals surface area contributed by atoms with Crippen molar-refractivity contribution in [2.45, 2.75) is 25.7 Å². The summed E-state index contributed by atoms with van der Waals surface area (Å²) in [5.41, 5.74) is 2.26. The van der Waals surface area contributed by atoms with Crippen molar-refractivity contribution in [2.75, 3.05) is 7.11 Å². The summed E-state index contributed by atoms with van der Waals surface area (Å²) >= 11 is 1.54. The second-order valence-corrected chi connectivity index (χ2v) is 6.53. The lowest BCUT2D eigenvalue weighted by molar-refractivity contribution is -0.385. The van der Waals surface area contributed by atoms with Gasteiger partial charge in [-0.3, -0.25) is 10.1 Å². The van der Waals surface area contributed by atoms with Gasteiger partial charge in [-0.25, -0.2) is 4.99 Å². The van der Waals surface area contributed by atoms with Gasteiger partial charge in [0.1, 0.15) is 11.1 Å². The Balaban J connectivity index is 1.94. The zero-order valence-electron chi connectivity index (χ0n) is 13.1. The molecular formula is C17H15N3O3S. The van der Waals surface area contributed by atoms with Crippen LogP contribution in [0.5, 0.6) is 5.75 Å². The second kappa shape index (κ2) is 6.81. The summed E-state index contributed by atoms with van der Waals surface area (Å²) in [5, 5.41) is 21.2. The Hall–Kier alpha value is -2.72. The van der Waals surface area contributed by atoms with Gasteiger partial charge in [0.2, 0.25) is 0 Å². The minimum absolute atomic E-state index is 0.104. The van der Waals surface area contributed by atoms with E-state index in [1.54, 1.807) is 29.7 Å². The molecule has 0 radical (unpaired) electrons. The average Bonchev–Trinajstić information content (AvgIpc) is 2.97. The Morgan fingerprint density at radius 2 is 2.21 bits per heavy atom. The maximum absolute atomic E-state index is 11.1. The van der Waals surface area contributed by atoms with E-state index in [-0.39, 0.29) is 11.4 Å². The summed E-state index contributed by atoms with van der Waals surface area (Å²) in [5.74, 6) is 0.210. The molecule has 0 bridgehead atoms. The maximum Gasteiger partial charge on any atom is 0.311 e. The molecule has 7 heteroatoms. The summed E-state index contributed by atoms with van der Waals surface area (Å²) in [7, 11) is 1.39. The van der Waals surface area contributed by atoms with Crippen molar-refractivity contribution in [1.29, 1.82) is 5.26 Å². The molecule has 0 spiro atoms. The molecule has 0 atom stereocenters. The largest absolute Gasteiger partial charge is 0.490 e. The number of nitrogens with zero attached hydrogens (tertiary/aromatic N) is 3. The third kappa shape index (κ3) is 3.01. The second-order valence-electron chi connectivity index (χ2n) is 5.45. The average molecular weight is 341 g/mol. The molecule has 24 heavy (non-hydrogen) atoms. The van der Waals surface area contributed by atoms with Crippen LogP contribution in [-0.4, -0.2) is 18.2 Å². The van der Waals surface area contributed by atoms with Gasteiger partial charge in [0, 0.05) is 17.2 Å². The summed E-state index contributed by atoms with van der Waals surface area (Å²) in [6, 6.07) is 6.92. The Bertz CT molecular complexity index is 865. The van der Waals surface area contributed by atoms with E-state index in [9.17, 15) is 15.4 Å². The van der Waals surface area contributed by atoms with Crippen LogP contribution < -0.4 is 4.74 Å². The van der Waals surface area contributed by atoms with E-state index in [2.05, 4.69) is 11.1 Å². The number of fused-ring (bicyclic) bond motifs is 1. The molecule has 3 rings (SSSR count). The predicted molar refractivity (Wildman–Crippen MR) is 92.6 cm³/mol. The Kier molecular flexibility index (Phi) is 4.58. The number of nitriles is 1. The normalized spacial score (nSPS) is 13.5. The van der Waals surface area contributed by atoms with Gasteiger partial charge in [-0.2, -0.15) is 5.26 Å². The lowest BCUT2D eigenvalue weighted by Crippen LogP contribution is -1.99. The molecule has 1 aliphatic rings. The molecule has 0 N–H and O–H groups in total. The van der Waals surface area contributed by atoms with Crippen molar-refractivity contribution in [3.05, 3.63) is 49.9 Å². The van der Waals surface area contributed by atoms with Crippen LogP contribution in [0.15, 0.2) is 23.2 Å². The van der Waals surface area contributed by atoms with E-state index < -0.39 is 4.92 Å². The summed E-state index contributed by atoms with van der Waals surface area (Å²) in [6.07, 6.45) is 5.74. The van der Waals surface area contributed by atoms with E-state index in [0.29, 0.717) is 16.1 Å². The highest BCUT2D eigenvalue weighted by Gasteiger charge is 2.20. The Morgan fingerprint density at radius 3 is 2.92 bits per heavy atom. The number of hydrogen-bond donors (Lipinski definition) is 0. The summed E-state index contributed by atoms with van der Waals surface area (Å²) in [6.45, 7) is 0. The minimum Gasteiger partial charge on any atom is -0.490 e. The monoisotopic (exact) mass is 341 g/mol. The van der Waals surface area contributed by atoms with Gasteiger partial charge in [0.15, 0.2) is 5.75 Å². The van der Waals surface area contributed by atoms with Crippen molar-refractivity contribution >= 4 is 28.2 Å². The van der Waals surface area contributed by atoms with E-state index in [4.69, 9.17) is 4.74 Å². The molecule has 2 aromatic rings. The van der Waals surface area contributed by atoms with Crippen molar-refractivity contribution in [3.8, 4) is 11.8 Å². The third-order valence-corrected chi connectivity index (χ3v) is 5.19. The van der Waals surface area contributed by atoms with Crippen molar-refractivity contribution < 1.29 is 9.66 Å². The number of aliphatic imine (C=N–C) groups is 1. The summed E-state index contributed by atoms with van der Waals surface area (Å²) < 4.78 is 4.99. The molecular weight excluding hydrogens is 326 g/mol. The quantitative estimate of drug-likeness (QED) is 0.474. The number of thiophene rings is 1. The SMILES string of the molecule is COc1ccc(/C=N/c2sc3c(c2C#N)CCCC3)cc1[N+](=O)[O-]. The number of hydrogen-bond acceptors (Lipinski definition) is 6. The fourth-order valence-electron chi connectivity index (χ4n) is 2.82. The lowest BCUT2D eigenvalue weighted by Gasteiger charge is -2.09. The van der Waals surface area contributed by atoms with Crippen LogP contribution in [0.3, 0.4) is 0 Å². The molecule has 0 fully saturated rings. The van der Waals surface area contributed by atoms with Crippen molar-refractivity contribution in [1.82, 2.24) is 0 Å². The van der Waals surface area contributed by atoms with Crippen LogP contribution in [0, 0.1) is 21.4 Å². The Labute approximate surface area is 143 Å². The van der Waals surface area contributed by atoms with Crippen LogP contribution in [0.1, 0.15) is 34.4 Å². The van der Waals surface area contributed by atoms with Gasteiger partial charge >= 0.3 is 5.69 Å². The van der Waals surface area contributed by atoms with E-state index in [0.717, 1.165) is 31.2 Å². The van der Waals surface area contributed by atoms with Crippen LogP contribution >= 0.6 is 11.3 Å². The van der Waals surface area contributed by atoms with Crippen molar-refractivity contribution in [2.24, 2.45) is 4.99 Å². The zero-order valence-corrected chi connectivity index (χ0v) is 13.9. The predicted octanol–water partition coefficient (Wildman–Crippen LogP) is 4.17. The van der Waals surface area contributed by atoms with Gasteiger partial charge in [-0.15, -0.1) is 11.3 Å². The first-order valence-corrected chi connectivity index (χ1v) is 8.37. The molecule has 0 aliphatic heterocycles. The number of rotatable bonds is 4. The van der Waals surface area contributed by atoms with E-state index in [1.807, 2.05) is 0 Å². The first-order chi connectivity index (χ1) is 11.6. The first kappa shape index (κ1) is 16.1. The number of benzene rings is 1. The van der Waals surface area contributed by atoms with Crippen LogP contribution in [0.4, 0.5) is 10.7 Å². The molecule has 1 heterocycles. The van der Waals surface area contributed by atoms with E-state index in [1.165, 1.54) is 18.1 Å². The fourth-order valence-corrected chi connectivity index (χ4v) is 4.00. The first-order valence-electron chi connectivity index (χ1n) is 7.55.